The summed E-state index contributed by atoms with van der Waals surface area (Å²) in [7, 11) is 0. The zero-order chi connectivity index (χ0) is 14.0. The maximum absolute atomic E-state index is 11.5. The number of anilines is 1. The predicted molar refractivity (Wildman–Crippen MR) is 72.9 cm³/mol. The zero-order valence-corrected chi connectivity index (χ0v) is 10.8. The molecule has 1 aromatic carbocycles. The number of carboxylic acid groups (broad SMARTS) is 1. The Hall–Kier alpha value is -2.27. The molecule has 5 nitrogen and oxygen atoms in total. The molecule has 0 unspecified atom stereocenters. The van der Waals surface area contributed by atoms with Crippen LogP contribution < -0.4 is 10.9 Å². The van der Waals surface area contributed by atoms with Crippen molar-refractivity contribution in [3.63, 3.8) is 0 Å². The Morgan fingerprint density at radius 2 is 2.11 bits per heavy atom. The minimum Gasteiger partial charge on any atom is -0.477 e. The number of nitrogens with one attached hydrogen (secondary N) is 1. The molecule has 0 atom stereocenters. The van der Waals surface area contributed by atoms with Gasteiger partial charge in [0.15, 0.2) is 5.43 Å². The van der Waals surface area contributed by atoms with Crippen molar-refractivity contribution in [2.75, 3.05) is 5.43 Å². The second-order valence-electron chi connectivity index (χ2n) is 3.99. The molecule has 6 heteroatoms. The van der Waals surface area contributed by atoms with Crippen LogP contribution in [0.1, 0.15) is 16.1 Å². The van der Waals surface area contributed by atoms with E-state index in [2.05, 4.69) is 5.43 Å². The van der Waals surface area contributed by atoms with Crippen LogP contribution in [0.5, 0.6) is 0 Å². The summed E-state index contributed by atoms with van der Waals surface area (Å²) in [4.78, 5) is 22.4. The molecular weight excluding hydrogens is 268 g/mol. The van der Waals surface area contributed by atoms with Crippen molar-refractivity contribution in [3.05, 3.63) is 63.0 Å². The smallest absolute Gasteiger partial charge is 0.341 e. The van der Waals surface area contributed by atoms with Gasteiger partial charge in [0.05, 0.1) is 5.69 Å². The van der Waals surface area contributed by atoms with Gasteiger partial charge in [-0.25, -0.2) is 4.79 Å². The quantitative estimate of drug-likeness (QED) is 0.904. The van der Waals surface area contributed by atoms with Crippen molar-refractivity contribution in [1.82, 2.24) is 4.68 Å². The highest BCUT2D eigenvalue weighted by Gasteiger charge is 2.10. The van der Waals surface area contributed by atoms with Crippen LogP contribution >= 0.6 is 11.6 Å². The first-order valence-corrected chi connectivity index (χ1v) is 5.84. The lowest BCUT2D eigenvalue weighted by molar-refractivity contribution is 0.0694. The fraction of sp³-hybridized carbons (Fsp3) is 0.0769. The van der Waals surface area contributed by atoms with Crippen LogP contribution in [0.3, 0.4) is 0 Å². The van der Waals surface area contributed by atoms with Gasteiger partial charge in [-0.15, -0.1) is 0 Å². The monoisotopic (exact) mass is 278 g/mol. The molecular formula is C13H11ClN2O3. The minimum atomic E-state index is -1.26. The zero-order valence-electron chi connectivity index (χ0n) is 10.1. The molecule has 2 N–H and O–H groups in total. The van der Waals surface area contributed by atoms with Crippen LogP contribution in [0.15, 0.2) is 41.3 Å². The first kappa shape index (κ1) is 13.2. The number of nitrogens with zero attached hydrogens (tertiary/aromatic N) is 1. The number of carboxylic acids is 1. The van der Waals surface area contributed by atoms with Crippen LogP contribution in [0.4, 0.5) is 5.69 Å². The van der Waals surface area contributed by atoms with Gasteiger partial charge in [0.1, 0.15) is 5.56 Å². The predicted octanol–water partition coefficient (Wildman–Crippen LogP) is 2.38. The number of pyridine rings is 1. The summed E-state index contributed by atoms with van der Waals surface area (Å²) in [5.74, 6) is -1.26. The maximum atomic E-state index is 11.5. The average Bonchev–Trinajstić information content (AvgIpc) is 2.32. The van der Waals surface area contributed by atoms with E-state index in [0.717, 1.165) is 0 Å². The number of rotatable bonds is 3. The fourth-order valence-electron chi connectivity index (χ4n) is 1.61. The molecule has 2 aromatic rings. The van der Waals surface area contributed by atoms with Gasteiger partial charge in [-0.1, -0.05) is 17.7 Å². The molecule has 0 spiro atoms. The second-order valence-corrected chi connectivity index (χ2v) is 4.43. The van der Waals surface area contributed by atoms with Crippen LogP contribution in [-0.4, -0.2) is 15.8 Å². The van der Waals surface area contributed by atoms with Crippen LogP contribution in [0.2, 0.25) is 5.02 Å². The number of aromatic carboxylic acids is 1. The minimum absolute atomic E-state index is 0.292. The maximum Gasteiger partial charge on any atom is 0.341 e. The van der Waals surface area contributed by atoms with Crippen molar-refractivity contribution in [3.8, 4) is 0 Å². The first-order chi connectivity index (χ1) is 8.97. The van der Waals surface area contributed by atoms with Gasteiger partial charge in [0, 0.05) is 23.0 Å². The average molecular weight is 279 g/mol. The highest BCUT2D eigenvalue weighted by Crippen LogP contribution is 2.15. The number of aryl methyl sites for hydroxylation is 1. The van der Waals surface area contributed by atoms with Gasteiger partial charge >= 0.3 is 5.97 Å². The molecule has 0 saturated heterocycles. The Labute approximate surface area is 114 Å². The van der Waals surface area contributed by atoms with E-state index in [4.69, 9.17) is 16.7 Å². The van der Waals surface area contributed by atoms with Crippen molar-refractivity contribution in [2.24, 2.45) is 0 Å². The van der Waals surface area contributed by atoms with E-state index < -0.39 is 11.4 Å². The Morgan fingerprint density at radius 3 is 2.74 bits per heavy atom. The molecule has 0 amide bonds. The topological polar surface area (TPSA) is 71.3 Å². The van der Waals surface area contributed by atoms with E-state index in [1.807, 2.05) is 0 Å². The third-order valence-electron chi connectivity index (χ3n) is 2.55. The summed E-state index contributed by atoms with van der Waals surface area (Å²) in [6.45, 7) is 1.70. The number of benzene rings is 1. The Balaban J connectivity index is 2.43. The lowest BCUT2D eigenvalue weighted by Gasteiger charge is -2.14. The SMILES string of the molecule is Cc1cc(=O)c(C(=O)O)cn1Nc1cccc(Cl)c1. The van der Waals surface area contributed by atoms with E-state index in [9.17, 15) is 9.59 Å². The number of hydrogen-bond acceptors (Lipinski definition) is 3. The second kappa shape index (κ2) is 5.16. The summed E-state index contributed by atoms with van der Waals surface area (Å²) in [5, 5.41) is 9.49. The van der Waals surface area contributed by atoms with E-state index in [0.29, 0.717) is 16.4 Å². The standard InChI is InChI=1S/C13H11ClN2O3/c1-8-5-12(17)11(13(18)19)7-16(8)15-10-4-2-3-9(14)6-10/h2-7,15H,1H3,(H,18,19). The van der Waals surface area contributed by atoms with Crippen molar-refractivity contribution in [1.29, 1.82) is 0 Å². The lowest BCUT2D eigenvalue weighted by atomic mass is 10.2. The third-order valence-corrected chi connectivity index (χ3v) is 2.78. The largest absolute Gasteiger partial charge is 0.477 e. The summed E-state index contributed by atoms with van der Waals surface area (Å²) in [6.07, 6.45) is 1.25. The van der Waals surface area contributed by atoms with Crippen LogP contribution in [0.25, 0.3) is 0 Å². The molecule has 98 valence electrons. The van der Waals surface area contributed by atoms with E-state index in [1.165, 1.54) is 16.9 Å². The summed E-state index contributed by atoms with van der Waals surface area (Å²) in [6, 6.07) is 8.23. The molecule has 0 aliphatic rings. The molecule has 0 saturated carbocycles. The fourth-order valence-corrected chi connectivity index (χ4v) is 1.80. The Morgan fingerprint density at radius 1 is 1.37 bits per heavy atom. The molecule has 2 rings (SSSR count). The number of carbonyl (C=O) groups is 1. The molecule has 0 radical (unpaired) electrons. The van der Waals surface area contributed by atoms with E-state index in [1.54, 1.807) is 31.2 Å². The number of hydrogen-bond donors (Lipinski definition) is 2. The van der Waals surface area contributed by atoms with E-state index >= 15 is 0 Å². The number of halogens is 1. The Kier molecular flexibility index (Phi) is 3.57. The normalized spacial score (nSPS) is 10.2. The molecule has 1 aromatic heterocycles. The summed E-state index contributed by atoms with van der Waals surface area (Å²) in [5.41, 5.74) is 3.44. The van der Waals surface area contributed by atoms with Crippen molar-refractivity contribution >= 4 is 23.3 Å². The van der Waals surface area contributed by atoms with Gasteiger partial charge in [0.2, 0.25) is 0 Å². The first-order valence-electron chi connectivity index (χ1n) is 5.46. The summed E-state index contributed by atoms with van der Waals surface area (Å²) < 4.78 is 1.47. The van der Waals surface area contributed by atoms with Gasteiger partial charge in [-0.3, -0.25) is 14.9 Å². The third kappa shape index (κ3) is 2.95. The highest BCUT2D eigenvalue weighted by molar-refractivity contribution is 6.30. The van der Waals surface area contributed by atoms with Gasteiger partial charge in [0.25, 0.3) is 0 Å². The van der Waals surface area contributed by atoms with Crippen LogP contribution in [0, 0.1) is 6.92 Å². The van der Waals surface area contributed by atoms with Gasteiger partial charge < -0.3 is 5.11 Å². The highest BCUT2D eigenvalue weighted by atomic mass is 35.5. The van der Waals surface area contributed by atoms with Crippen molar-refractivity contribution < 1.29 is 9.90 Å². The molecule has 0 aliphatic carbocycles. The van der Waals surface area contributed by atoms with Gasteiger partial charge in [-0.2, -0.15) is 0 Å². The molecule has 0 fully saturated rings. The van der Waals surface area contributed by atoms with E-state index in [-0.39, 0.29) is 5.56 Å². The summed E-state index contributed by atoms with van der Waals surface area (Å²) >= 11 is 5.86. The lowest BCUT2D eigenvalue weighted by Crippen LogP contribution is -2.22. The molecule has 0 bridgehead atoms. The van der Waals surface area contributed by atoms with Gasteiger partial charge in [-0.05, 0) is 25.1 Å². The molecule has 19 heavy (non-hydrogen) atoms. The molecule has 1 heterocycles. The van der Waals surface area contributed by atoms with Crippen molar-refractivity contribution in [2.45, 2.75) is 6.92 Å². The molecule has 0 aliphatic heterocycles. The Bertz CT molecular complexity index is 695. The number of aromatic nitrogens is 1. The van der Waals surface area contributed by atoms with Crippen LogP contribution in [-0.2, 0) is 0 Å².